The van der Waals surface area contributed by atoms with Gasteiger partial charge in [-0.2, -0.15) is 26.3 Å². The van der Waals surface area contributed by atoms with E-state index in [9.17, 15) is 31.1 Å². The van der Waals surface area contributed by atoms with Gasteiger partial charge in [0.05, 0.1) is 5.76 Å². The molecule has 0 bridgehead atoms. The van der Waals surface area contributed by atoms with Crippen molar-refractivity contribution in [1.29, 1.82) is 0 Å². The maximum absolute atomic E-state index is 13.2. The molecular formula is C13H10F6O2. The van der Waals surface area contributed by atoms with Gasteiger partial charge in [-0.05, 0) is 12.5 Å². The minimum absolute atomic E-state index is 0.570. The van der Waals surface area contributed by atoms with E-state index in [1.165, 1.54) is 6.07 Å². The van der Waals surface area contributed by atoms with Crippen LogP contribution in [0.3, 0.4) is 0 Å². The van der Waals surface area contributed by atoms with E-state index in [1.54, 1.807) is 0 Å². The van der Waals surface area contributed by atoms with Gasteiger partial charge >= 0.3 is 18.3 Å². The van der Waals surface area contributed by atoms with Gasteiger partial charge in [0.15, 0.2) is 0 Å². The topological polar surface area (TPSA) is 26.3 Å². The Morgan fingerprint density at radius 1 is 1.00 bits per heavy atom. The summed E-state index contributed by atoms with van der Waals surface area (Å²) in [5, 5.41) is 0. The number of hydrogen-bond acceptors (Lipinski definition) is 2. The molecule has 0 aliphatic rings. The molecule has 116 valence electrons. The summed E-state index contributed by atoms with van der Waals surface area (Å²) in [5.74, 6) is -3.06. The number of rotatable bonds is 3. The predicted octanol–water partition coefficient (Wildman–Crippen LogP) is 4.13. The maximum Gasteiger partial charge on any atom is 0.417 e. The number of alkyl halides is 6. The monoisotopic (exact) mass is 312 g/mol. The summed E-state index contributed by atoms with van der Waals surface area (Å²) in [5.41, 5.74) is -6.03. The molecule has 21 heavy (non-hydrogen) atoms. The fraction of sp³-hybridized carbons (Fsp3) is 0.308. The van der Waals surface area contributed by atoms with Crippen LogP contribution in [0.2, 0.25) is 0 Å². The molecule has 0 aromatic heterocycles. The van der Waals surface area contributed by atoms with Crippen LogP contribution in [0.15, 0.2) is 42.7 Å². The maximum atomic E-state index is 13.2. The Labute approximate surface area is 116 Å². The van der Waals surface area contributed by atoms with Crippen LogP contribution in [0.1, 0.15) is 12.5 Å². The summed E-state index contributed by atoms with van der Waals surface area (Å²) >= 11 is 0. The van der Waals surface area contributed by atoms with E-state index in [1.807, 2.05) is 0 Å². The van der Waals surface area contributed by atoms with Crippen molar-refractivity contribution in [2.75, 3.05) is 0 Å². The predicted molar refractivity (Wildman–Crippen MR) is 61.1 cm³/mol. The Balaban J connectivity index is 3.68. The molecule has 0 fully saturated rings. The van der Waals surface area contributed by atoms with E-state index < -0.39 is 35.1 Å². The summed E-state index contributed by atoms with van der Waals surface area (Å²) in [6, 6.07) is 4.30. The van der Waals surface area contributed by atoms with Crippen molar-refractivity contribution in [2.24, 2.45) is 0 Å². The quantitative estimate of drug-likeness (QED) is 0.477. The highest BCUT2D eigenvalue weighted by atomic mass is 19.4. The first kappa shape index (κ1) is 17.1. The highest BCUT2D eigenvalue weighted by molar-refractivity contribution is 5.86. The molecule has 0 spiro atoms. The fourth-order valence-corrected chi connectivity index (χ4v) is 1.76. The summed E-state index contributed by atoms with van der Waals surface area (Å²) in [7, 11) is 0. The standard InChI is InChI=1S/C13H10F6O2/c1-8(2)21-10(20)11(12(14,15)16,13(17,18)19)9-6-4-3-5-7-9/h3-7H,1H2,2H3. The SMILES string of the molecule is C=C(C)OC(=O)C(c1ccccc1)(C(F)(F)F)C(F)(F)F. The van der Waals surface area contributed by atoms with Gasteiger partial charge in [-0.1, -0.05) is 36.9 Å². The Kier molecular flexibility index (Phi) is 4.40. The molecule has 0 aliphatic heterocycles. The van der Waals surface area contributed by atoms with Gasteiger partial charge < -0.3 is 4.74 Å². The lowest BCUT2D eigenvalue weighted by Gasteiger charge is -2.35. The van der Waals surface area contributed by atoms with Gasteiger partial charge in [-0.3, -0.25) is 0 Å². The van der Waals surface area contributed by atoms with E-state index >= 15 is 0 Å². The van der Waals surface area contributed by atoms with Crippen molar-refractivity contribution in [3.8, 4) is 0 Å². The minimum atomic E-state index is -5.93. The molecule has 0 saturated carbocycles. The number of ether oxygens (including phenoxy) is 1. The summed E-state index contributed by atoms with van der Waals surface area (Å²) in [6.07, 6.45) is -11.9. The Bertz CT molecular complexity index is 516. The Morgan fingerprint density at radius 2 is 1.43 bits per heavy atom. The molecule has 0 radical (unpaired) electrons. The van der Waals surface area contributed by atoms with Crippen LogP contribution in [-0.4, -0.2) is 18.3 Å². The Hall–Kier alpha value is -1.99. The summed E-state index contributed by atoms with van der Waals surface area (Å²) < 4.78 is 83.3. The number of halogens is 6. The molecule has 0 unspecified atom stereocenters. The smallest absolute Gasteiger partial charge is 0.417 e. The average molecular weight is 312 g/mol. The van der Waals surface area contributed by atoms with Crippen LogP contribution in [0.4, 0.5) is 26.3 Å². The van der Waals surface area contributed by atoms with Crippen LogP contribution in [0.5, 0.6) is 0 Å². The van der Waals surface area contributed by atoms with Crippen LogP contribution in [0, 0.1) is 0 Å². The minimum Gasteiger partial charge on any atom is -0.431 e. The van der Waals surface area contributed by atoms with E-state index in [0.717, 1.165) is 19.1 Å². The third kappa shape index (κ3) is 2.88. The summed E-state index contributed by atoms with van der Waals surface area (Å²) in [6.45, 7) is 3.96. The van der Waals surface area contributed by atoms with Gasteiger partial charge in [-0.25, -0.2) is 4.79 Å². The number of carbonyl (C=O) groups excluding carboxylic acids is 1. The van der Waals surface area contributed by atoms with Crippen LogP contribution < -0.4 is 0 Å². The third-order valence-corrected chi connectivity index (χ3v) is 2.63. The number of hydrogen-bond donors (Lipinski definition) is 0. The van der Waals surface area contributed by atoms with E-state index in [0.29, 0.717) is 12.1 Å². The second-order valence-electron chi connectivity index (χ2n) is 4.20. The first-order chi connectivity index (χ1) is 9.44. The lowest BCUT2D eigenvalue weighted by atomic mass is 9.78. The van der Waals surface area contributed by atoms with Crippen LogP contribution in [0.25, 0.3) is 0 Å². The normalized spacial score (nSPS) is 12.9. The van der Waals surface area contributed by atoms with Gasteiger partial charge in [0.25, 0.3) is 5.41 Å². The van der Waals surface area contributed by atoms with Crippen molar-refractivity contribution in [3.63, 3.8) is 0 Å². The first-order valence-electron chi connectivity index (χ1n) is 5.51. The van der Waals surface area contributed by atoms with Crippen molar-refractivity contribution in [2.45, 2.75) is 24.7 Å². The molecule has 0 heterocycles. The summed E-state index contributed by atoms with van der Waals surface area (Å²) in [4.78, 5) is 11.6. The molecular weight excluding hydrogens is 302 g/mol. The molecule has 0 amide bonds. The third-order valence-electron chi connectivity index (χ3n) is 2.63. The molecule has 8 heteroatoms. The van der Waals surface area contributed by atoms with Gasteiger partial charge in [0.2, 0.25) is 0 Å². The highest BCUT2D eigenvalue weighted by Gasteiger charge is 2.77. The van der Waals surface area contributed by atoms with E-state index in [2.05, 4.69) is 11.3 Å². The molecule has 0 N–H and O–H groups in total. The van der Waals surface area contributed by atoms with Gasteiger partial charge in [-0.15, -0.1) is 0 Å². The van der Waals surface area contributed by atoms with Gasteiger partial charge in [0.1, 0.15) is 0 Å². The van der Waals surface area contributed by atoms with Crippen molar-refractivity contribution >= 4 is 5.97 Å². The Morgan fingerprint density at radius 3 is 1.76 bits per heavy atom. The average Bonchev–Trinajstić information content (AvgIpc) is 2.25. The second-order valence-corrected chi connectivity index (χ2v) is 4.20. The van der Waals surface area contributed by atoms with Crippen molar-refractivity contribution < 1.29 is 35.9 Å². The number of benzene rings is 1. The molecule has 2 nitrogen and oxygen atoms in total. The molecule has 1 rings (SSSR count). The zero-order valence-corrected chi connectivity index (χ0v) is 10.7. The first-order valence-corrected chi connectivity index (χ1v) is 5.51. The van der Waals surface area contributed by atoms with E-state index in [4.69, 9.17) is 0 Å². The zero-order chi connectivity index (χ0) is 16.5. The molecule has 0 atom stereocenters. The number of esters is 1. The molecule has 0 aliphatic carbocycles. The lowest BCUT2D eigenvalue weighted by molar-refractivity contribution is -0.298. The van der Waals surface area contributed by atoms with Crippen molar-refractivity contribution in [3.05, 3.63) is 48.2 Å². The molecule has 1 aromatic carbocycles. The number of allylic oxidation sites excluding steroid dienone is 1. The lowest BCUT2D eigenvalue weighted by Crippen LogP contribution is -2.60. The number of carbonyl (C=O) groups is 1. The van der Waals surface area contributed by atoms with E-state index in [-0.39, 0.29) is 0 Å². The van der Waals surface area contributed by atoms with Crippen LogP contribution in [-0.2, 0) is 14.9 Å². The van der Waals surface area contributed by atoms with Crippen LogP contribution >= 0.6 is 0 Å². The van der Waals surface area contributed by atoms with Gasteiger partial charge in [0, 0.05) is 0 Å². The zero-order valence-electron chi connectivity index (χ0n) is 10.7. The largest absolute Gasteiger partial charge is 0.431 e. The fourth-order valence-electron chi connectivity index (χ4n) is 1.76. The molecule has 1 aromatic rings. The second kappa shape index (κ2) is 5.42. The molecule has 0 saturated heterocycles. The van der Waals surface area contributed by atoms with Crippen molar-refractivity contribution in [1.82, 2.24) is 0 Å². The highest BCUT2D eigenvalue weighted by Crippen LogP contribution is 2.53.